The van der Waals surface area contributed by atoms with Gasteiger partial charge in [0.25, 0.3) is 5.91 Å². The summed E-state index contributed by atoms with van der Waals surface area (Å²) in [5, 5.41) is 8.59. The fourth-order valence-electron chi connectivity index (χ4n) is 4.87. The van der Waals surface area contributed by atoms with Gasteiger partial charge in [-0.2, -0.15) is 9.78 Å². The molecule has 184 valence electrons. The van der Waals surface area contributed by atoms with Crippen molar-refractivity contribution in [2.75, 3.05) is 38.5 Å². The van der Waals surface area contributed by atoms with Gasteiger partial charge in [0.05, 0.1) is 16.6 Å². The van der Waals surface area contributed by atoms with E-state index in [-0.39, 0.29) is 5.91 Å². The number of carbonyl (C=O) groups is 1. The number of anilines is 1. The predicted octanol–water partition coefficient (Wildman–Crippen LogP) is 4.00. The molecule has 4 aromatic rings. The summed E-state index contributed by atoms with van der Waals surface area (Å²) in [6.45, 7) is 7.24. The second-order valence-corrected chi connectivity index (χ2v) is 9.98. The van der Waals surface area contributed by atoms with Gasteiger partial charge >= 0.3 is 0 Å². The first-order valence-electron chi connectivity index (χ1n) is 12.7. The highest BCUT2D eigenvalue weighted by molar-refractivity contribution is 6.12. The lowest BCUT2D eigenvalue weighted by Gasteiger charge is -2.32. The maximum Gasteiger partial charge on any atom is 0.256 e. The Bertz CT molecular complexity index is 1390. The molecule has 0 spiro atoms. The molecule has 1 amide bonds. The predicted molar refractivity (Wildman–Crippen MR) is 141 cm³/mol. The van der Waals surface area contributed by atoms with Crippen LogP contribution in [0.4, 0.5) is 5.69 Å². The maximum atomic E-state index is 13.5. The number of amides is 1. The SMILES string of the molecule is Cc1nn(-c2ccccn2)c2nc(C3CC3)cc(C(=O)Nc3ccc(CN4CCN(C)CC4)cc3)c12. The van der Waals surface area contributed by atoms with Crippen molar-refractivity contribution in [3.63, 3.8) is 0 Å². The number of fused-ring (bicyclic) bond motifs is 1. The first kappa shape index (κ1) is 22.8. The minimum atomic E-state index is -0.139. The van der Waals surface area contributed by atoms with Crippen LogP contribution in [0.15, 0.2) is 54.7 Å². The molecular weight excluding hydrogens is 450 g/mol. The monoisotopic (exact) mass is 481 g/mol. The van der Waals surface area contributed by atoms with Crippen molar-refractivity contribution in [2.24, 2.45) is 0 Å². The number of likely N-dealkylation sites (N-methyl/N-ethyl adjacent to an activating group) is 1. The standard InChI is InChI=1S/C28H31N7O/c1-19-26-23(17-24(21-8-9-21)31-27(26)35(32-19)25-5-3-4-12-29-25)28(36)30-22-10-6-20(7-11-22)18-34-15-13-33(2)14-16-34/h3-7,10-12,17,21H,8-9,13-16,18H2,1-2H3,(H,30,36). The molecule has 0 atom stereocenters. The van der Waals surface area contributed by atoms with Crippen LogP contribution in [-0.2, 0) is 6.54 Å². The number of carbonyl (C=O) groups excluding carboxylic acids is 1. The number of benzene rings is 1. The van der Waals surface area contributed by atoms with Gasteiger partial charge in [0.1, 0.15) is 0 Å². The van der Waals surface area contributed by atoms with Gasteiger partial charge in [0.15, 0.2) is 11.5 Å². The third kappa shape index (κ3) is 4.62. The quantitative estimate of drug-likeness (QED) is 0.449. The second kappa shape index (κ2) is 9.44. The van der Waals surface area contributed by atoms with E-state index in [1.54, 1.807) is 10.9 Å². The minimum Gasteiger partial charge on any atom is -0.322 e. The maximum absolute atomic E-state index is 13.5. The summed E-state index contributed by atoms with van der Waals surface area (Å²) in [6, 6.07) is 15.9. The highest BCUT2D eigenvalue weighted by Crippen LogP contribution is 2.40. The Morgan fingerprint density at radius 3 is 2.53 bits per heavy atom. The first-order valence-corrected chi connectivity index (χ1v) is 12.7. The zero-order valence-corrected chi connectivity index (χ0v) is 20.8. The van der Waals surface area contributed by atoms with Crippen molar-refractivity contribution in [3.8, 4) is 5.82 Å². The van der Waals surface area contributed by atoms with Crippen LogP contribution < -0.4 is 5.32 Å². The van der Waals surface area contributed by atoms with Crippen molar-refractivity contribution in [1.29, 1.82) is 0 Å². The fraction of sp³-hybridized carbons (Fsp3) is 0.357. The molecule has 36 heavy (non-hydrogen) atoms. The topological polar surface area (TPSA) is 79.2 Å². The van der Waals surface area contributed by atoms with E-state index >= 15 is 0 Å². The molecule has 0 bridgehead atoms. The number of nitrogens with zero attached hydrogens (tertiary/aromatic N) is 6. The fourth-order valence-corrected chi connectivity index (χ4v) is 4.87. The third-order valence-corrected chi connectivity index (χ3v) is 7.15. The number of piperazine rings is 1. The van der Waals surface area contributed by atoms with Crippen molar-refractivity contribution in [3.05, 3.63) is 77.2 Å². The molecule has 8 nitrogen and oxygen atoms in total. The van der Waals surface area contributed by atoms with E-state index in [4.69, 9.17) is 10.1 Å². The summed E-state index contributed by atoms with van der Waals surface area (Å²) < 4.78 is 1.75. The average Bonchev–Trinajstić information content (AvgIpc) is 3.70. The Hall–Kier alpha value is -3.62. The molecule has 1 aliphatic heterocycles. The molecule has 2 aliphatic rings. The van der Waals surface area contributed by atoms with Crippen molar-refractivity contribution < 1.29 is 4.79 Å². The van der Waals surface area contributed by atoms with Gasteiger partial charge in [-0.1, -0.05) is 18.2 Å². The lowest BCUT2D eigenvalue weighted by molar-refractivity contribution is 0.102. The van der Waals surface area contributed by atoms with E-state index in [1.807, 2.05) is 43.3 Å². The Morgan fingerprint density at radius 2 is 1.83 bits per heavy atom. The van der Waals surface area contributed by atoms with E-state index < -0.39 is 0 Å². The van der Waals surface area contributed by atoms with Crippen LogP contribution in [0.3, 0.4) is 0 Å². The van der Waals surface area contributed by atoms with Crippen LogP contribution >= 0.6 is 0 Å². The molecule has 2 fully saturated rings. The smallest absolute Gasteiger partial charge is 0.256 e. The number of rotatable bonds is 6. The number of hydrogen-bond donors (Lipinski definition) is 1. The number of aryl methyl sites for hydroxylation is 1. The molecular formula is C28H31N7O. The zero-order chi connectivity index (χ0) is 24.6. The molecule has 1 aliphatic carbocycles. The van der Waals surface area contributed by atoms with Gasteiger partial charge in [-0.3, -0.25) is 9.69 Å². The van der Waals surface area contributed by atoms with Crippen LogP contribution in [-0.4, -0.2) is 68.7 Å². The zero-order valence-electron chi connectivity index (χ0n) is 20.8. The van der Waals surface area contributed by atoms with Crippen LogP contribution in [0, 0.1) is 6.92 Å². The summed E-state index contributed by atoms with van der Waals surface area (Å²) in [5.41, 5.74) is 5.05. The van der Waals surface area contributed by atoms with E-state index in [0.717, 1.165) is 68.0 Å². The molecule has 4 heterocycles. The number of aromatic nitrogens is 4. The Balaban J connectivity index is 1.27. The molecule has 8 heteroatoms. The van der Waals surface area contributed by atoms with Crippen molar-refractivity contribution in [1.82, 2.24) is 29.5 Å². The highest BCUT2D eigenvalue weighted by Gasteiger charge is 2.29. The van der Waals surface area contributed by atoms with Gasteiger partial charge in [-0.05, 0) is 62.7 Å². The normalized spacial score (nSPS) is 16.9. The molecule has 3 aromatic heterocycles. The lowest BCUT2D eigenvalue weighted by Crippen LogP contribution is -2.43. The molecule has 0 radical (unpaired) electrons. The summed E-state index contributed by atoms with van der Waals surface area (Å²) in [5.74, 6) is 0.959. The molecule has 1 N–H and O–H groups in total. The van der Waals surface area contributed by atoms with Crippen LogP contribution in [0.5, 0.6) is 0 Å². The van der Waals surface area contributed by atoms with Crippen LogP contribution in [0.2, 0.25) is 0 Å². The first-order chi connectivity index (χ1) is 17.5. The summed E-state index contributed by atoms with van der Waals surface area (Å²) >= 11 is 0. The average molecular weight is 482 g/mol. The van der Waals surface area contributed by atoms with E-state index in [2.05, 4.69) is 39.3 Å². The number of hydrogen-bond acceptors (Lipinski definition) is 6. The molecule has 1 saturated carbocycles. The summed E-state index contributed by atoms with van der Waals surface area (Å²) in [4.78, 5) is 27.8. The van der Waals surface area contributed by atoms with Crippen LogP contribution in [0.25, 0.3) is 16.9 Å². The van der Waals surface area contributed by atoms with Crippen molar-refractivity contribution in [2.45, 2.75) is 32.2 Å². The number of pyridine rings is 2. The largest absolute Gasteiger partial charge is 0.322 e. The van der Waals surface area contributed by atoms with E-state index in [9.17, 15) is 4.79 Å². The highest BCUT2D eigenvalue weighted by atomic mass is 16.1. The Kier molecular flexibility index (Phi) is 5.99. The van der Waals surface area contributed by atoms with Gasteiger partial charge in [0.2, 0.25) is 0 Å². The number of nitrogens with one attached hydrogen (secondary N) is 1. The lowest BCUT2D eigenvalue weighted by atomic mass is 10.1. The molecule has 0 unspecified atom stereocenters. The van der Waals surface area contributed by atoms with Gasteiger partial charge in [-0.25, -0.2) is 9.97 Å². The van der Waals surface area contributed by atoms with Gasteiger partial charge < -0.3 is 10.2 Å². The second-order valence-electron chi connectivity index (χ2n) is 9.98. The summed E-state index contributed by atoms with van der Waals surface area (Å²) in [6.07, 6.45) is 3.94. The van der Waals surface area contributed by atoms with Gasteiger partial charge in [-0.15, -0.1) is 0 Å². The van der Waals surface area contributed by atoms with Crippen LogP contribution in [0.1, 0.15) is 46.1 Å². The summed E-state index contributed by atoms with van der Waals surface area (Å²) in [7, 11) is 2.17. The molecule has 1 saturated heterocycles. The van der Waals surface area contributed by atoms with E-state index in [1.165, 1.54) is 5.56 Å². The Labute approximate surface area is 211 Å². The third-order valence-electron chi connectivity index (χ3n) is 7.15. The van der Waals surface area contributed by atoms with E-state index in [0.29, 0.717) is 22.9 Å². The van der Waals surface area contributed by atoms with Crippen molar-refractivity contribution >= 4 is 22.6 Å². The molecule has 1 aromatic carbocycles. The molecule has 6 rings (SSSR count). The van der Waals surface area contributed by atoms with Gasteiger partial charge in [0, 0.05) is 56.2 Å². The Morgan fingerprint density at radius 1 is 1.06 bits per heavy atom. The minimum absolute atomic E-state index is 0.139.